The van der Waals surface area contributed by atoms with Crippen LogP contribution in [0, 0.1) is 0 Å². The van der Waals surface area contributed by atoms with Crippen molar-refractivity contribution in [2.45, 2.75) is 25.7 Å². The minimum Gasteiger partial charge on any atom is -1.00 e. The molecule has 0 unspecified atom stereocenters. The maximum absolute atomic E-state index is 4.18. The van der Waals surface area contributed by atoms with Gasteiger partial charge in [-0.2, -0.15) is 0 Å². The first-order valence-electron chi connectivity index (χ1n) is 7.30. The molecular formula is C19H19Cl2NZn. The minimum absolute atomic E-state index is 0. The van der Waals surface area contributed by atoms with E-state index in [1.807, 2.05) is 30.5 Å². The van der Waals surface area contributed by atoms with Gasteiger partial charge in [-0.25, -0.2) is 0 Å². The number of aryl methyl sites for hydroxylation is 2. The van der Waals surface area contributed by atoms with Crippen LogP contribution in [0.4, 0.5) is 0 Å². The molecule has 0 aliphatic heterocycles. The zero-order valence-corrected chi connectivity index (χ0v) is 17.6. The van der Waals surface area contributed by atoms with E-state index in [4.69, 9.17) is 0 Å². The van der Waals surface area contributed by atoms with E-state index in [9.17, 15) is 0 Å². The van der Waals surface area contributed by atoms with Crippen molar-refractivity contribution in [1.29, 1.82) is 0 Å². The molecule has 0 amide bonds. The topological polar surface area (TPSA) is 12.9 Å². The smallest absolute Gasteiger partial charge is 1.00 e. The van der Waals surface area contributed by atoms with Gasteiger partial charge in [0.1, 0.15) is 0 Å². The molecular weight excluding hydrogens is 379 g/mol. The first kappa shape index (κ1) is 22.1. The maximum Gasteiger partial charge on any atom is 2.00 e. The Morgan fingerprint density at radius 1 is 0.652 bits per heavy atom. The van der Waals surface area contributed by atoms with Crippen LogP contribution in [-0.2, 0) is 32.3 Å². The quantitative estimate of drug-likeness (QED) is 0.435. The Balaban J connectivity index is 0.000000372. The summed E-state index contributed by atoms with van der Waals surface area (Å²) >= 11 is 0. The van der Waals surface area contributed by atoms with Gasteiger partial charge in [0, 0.05) is 11.6 Å². The van der Waals surface area contributed by atoms with E-state index < -0.39 is 0 Å². The van der Waals surface area contributed by atoms with Gasteiger partial charge in [-0.05, 0) is 48.9 Å². The predicted octanol–water partition coefficient (Wildman–Crippen LogP) is -1.19. The summed E-state index contributed by atoms with van der Waals surface area (Å²) in [7, 11) is 0. The summed E-state index contributed by atoms with van der Waals surface area (Å²) < 4.78 is 0. The van der Waals surface area contributed by atoms with Crippen LogP contribution in [-0.4, -0.2) is 4.98 Å². The first-order chi connectivity index (χ1) is 9.93. The van der Waals surface area contributed by atoms with Crippen LogP contribution in [0.5, 0.6) is 0 Å². The van der Waals surface area contributed by atoms with Gasteiger partial charge >= 0.3 is 19.5 Å². The van der Waals surface area contributed by atoms with Gasteiger partial charge in [0.25, 0.3) is 0 Å². The minimum atomic E-state index is 0. The van der Waals surface area contributed by atoms with Crippen LogP contribution in [0.15, 0.2) is 66.9 Å². The van der Waals surface area contributed by atoms with E-state index >= 15 is 0 Å². The third-order valence-electron chi connectivity index (χ3n) is 3.77. The number of pyridine rings is 1. The summed E-state index contributed by atoms with van der Waals surface area (Å²) in [6.07, 6.45) is 7.18. The molecule has 3 aromatic rings. The zero-order valence-electron chi connectivity index (χ0n) is 13.1. The van der Waals surface area contributed by atoms with Crippen LogP contribution >= 0.6 is 0 Å². The van der Waals surface area contributed by atoms with E-state index in [1.54, 1.807) is 11.1 Å². The number of rotatable bonds is 0. The number of halogens is 2. The first-order valence-corrected chi connectivity index (χ1v) is 7.30. The van der Waals surface area contributed by atoms with Crippen LogP contribution in [0.1, 0.15) is 24.0 Å². The molecule has 0 spiro atoms. The number of para-hydroxylation sites is 1. The summed E-state index contributed by atoms with van der Waals surface area (Å²) in [5.41, 5.74) is 4.22. The van der Waals surface area contributed by atoms with Gasteiger partial charge in [0.05, 0.1) is 5.52 Å². The average Bonchev–Trinajstić information content (AvgIpc) is 2.56. The average molecular weight is 398 g/mol. The monoisotopic (exact) mass is 395 g/mol. The van der Waals surface area contributed by atoms with Crippen molar-refractivity contribution in [3.05, 3.63) is 78.0 Å². The van der Waals surface area contributed by atoms with E-state index in [2.05, 4.69) is 41.4 Å². The molecule has 1 aliphatic rings. The summed E-state index contributed by atoms with van der Waals surface area (Å²) in [4.78, 5) is 4.18. The molecule has 116 valence electrons. The van der Waals surface area contributed by atoms with E-state index in [0.29, 0.717) is 0 Å². The van der Waals surface area contributed by atoms with E-state index in [1.165, 1.54) is 31.1 Å². The summed E-state index contributed by atoms with van der Waals surface area (Å²) in [5.74, 6) is 0. The standard InChI is InChI=1S/C10H12.C9H7N.2ClH.Zn/c1-2-6-10-8-4-3-7-9(10)5-1;1-2-6-9-8(4-1)5-3-7-10-9;;;/h1-2,5-6H,3-4,7-8H2;1-7H;2*1H;/q;;;;+2/p-2. The largest absolute Gasteiger partial charge is 2.00 e. The Bertz CT molecular complexity index is 613. The molecule has 1 nitrogen and oxygen atoms in total. The second-order valence-corrected chi connectivity index (χ2v) is 5.17. The molecule has 4 rings (SSSR count). The summed E-state index contributed by atoms with van der Waals surface area (Å²) in [6.45, 7) is 0. The van der Waals surface area contributed by atoms with E-state index in [-0.39, 0.29) is 44.3 Å². The molecule has 2 aromatic carbocycles. The number of hydrogen-bond donors (Lipinski definition) is 0. The van der Waals surface area contributed by atoms with Gasteiger partial charge in [0.15, 0.2) is 0 Å². The second-order valence-electron chi connectivity index (χ2n) is 5.17. The molecule has 0 N–H and O–H groups in total. The number of aromatic nitrogens is 1. The SMILES string of the molecule is [Cl-].[Cl-].[Zn+2].c1ccc2c(c1)CCCC2.c1ccc2ncccc2c1. The molecule has 0 bridgehead atoms. The van der Waals surface area contributed by atoms with Gasteiger partial charge in [-0.1, -0.05) is 48.5 Å². The predicted molar refractivity (Wildman–Crippen MR) is 84.8 cm³/mol. The zero-order chi connectivity index (χ0) is 13.6. The van der Waals surface area contributed by atoms with Crippen molar-refractivity contribution in [2.24, 2.45) is 0 Å². The van der Waals surface area contributed by atoms with Crippen LogP contribution < -0.4 is 24.8 Å². The van der Waals surface area contributed by atoms with Gasteiger partial charge in [-0.3, -0.25) is 4.98 Å². The second kappa shape index (κ2) is 11.6. The van der Waals surface area contributed by atoms with Crippen molar-refractivity contribution < 1.29 is 44.3 Å². The Labute approximate surface area is 163 Å². The van der Waals surface area contributed by atoms with Crippen molar-refractivity contribution >= 4 is 10.9 Å². The van der Waals surface area contributed by atoms with Crippen molar-refractivity contribution in [2.75, 3.05) is 0 Å². The molecule has 1 aliphatic carbocycles. The van der Waals surface area contributed by atoms with Gasteiger partial charge in [0.2, 0.25) is 0 Å². The van der Waals surface area contributed by atoms with Crippen LogP contribution in [0.2, 0.25) is 0 Å². The summed E-state index contributed by atoms with van der Waals surface area (Å²) in [5, 5.41) is 1.20. The molecule has 0 atom stereocenters. The maximum atomic E-state index is 4.18. The van der Waals surface area contributed by atoms with Gasteiger partial charge < -0.3 is 24.8 Å². The number of nitrogens with zero attached hydrogens (tertiary/aromatic N) is 1. The van der Waals surface area contributed by atoms with Gasteiger partial charge in [-0.15, -0.1) is 0 Å². The molecule has 0 fully saturated rings. The molecule has 4 heteroatoms. The van der Waals surface area contributed by atoms with Crippen molar-refractivity contribution in [3.63, 3.8) is 0 Å². The Hall–Kier alpha value is -0.947. The normalized spacial score (nSPS) is 11.5. The molecule has 0 saturated carbocycles. The fourth-order valence-electron chi connectivity index (χ4n) is 2.69. The molecule has 1 aromatic heterocycles. The third kappa shape index (κ3) is 6.22. The Morgan fingerprint density at radius 3 is 1.78 bits per heavy atom. The number of hydrogen-bond acceptors (Lipinski definition) is 1. The van der Waals surface area contributed by atoms with Crippen LogP contribution in [0.25, 0.3) is 10.9 Å². The number of fused-ring (bicyclic) bond motifs is 2. The molecule has 0 radical (unpaired) electrons. The molecule has 23 heavy (non-hydrogen) atoms. The Kier molecular flexibility index (Phi) is 11.1. The van der Waals surface area contributed by atoms with Crippen molar-refractivity contribution in [3.8, 4) is 0 Å². The fourth-order valence-corrected chi connectivity index (χ4v) is 2.69. The fraction of sp³-hybridized carbons (Fsp3) is 0.211. The molecule has 1 heterocycles. The molecule has 0 saturated heterocycles. The van der Waals surface area contributed by atoms with Crippen molar-refractivity contribution in [1.82, 2.24) is 4.98 Å². The Morgan fingerprint density at radius 2 is 1.17 bits per heavy atom. The van der Waals surface area contributed by atoms with E-state index in [0.717, 1.165) is 5.52 Å². The van der Waals surface area contributed by atoms with Crippen LogP contribution in [0.3, 0.4) is 0 Å². The summed E-state index contributed by atoms with van der Waals surface area (Å²) in [6, 6.07) is 20.9. The third-order valence-corrected chi connectivity index (χ3v) is 3.77. The number of benzene rings is 2.